The highest BCUT2D eigenvalue weighted by Crippen LogP contribution is 2.29. The summed E-state index contributed by atoms with van der Waals surface area (Å²) in [5, 5.41) is 3.35. The van der Waals surface area contributed by atoms with E-state index in [0.29, 0.717) is 32.8 Å². The highest BCUT2D eigenvalue weighted by atomic mass is 35.5. The average Bonchev–Trinajstić information content (AvgIpc) is 2.81. The van der Waals surface area contributed by atoms with Crippen molar-refractivity contribution in [2.24, 2.45) is 0 Å². The second-order valence-corrected chi connectivity index (χ2v) is 10.2. The summed E-state index contributed by atoms with van der Waals surface area (Å²) in [5.41, 5.74) is 1.88. The third-order valence-electron chi connectivity index (χ3n) is 5.00. The lowest BCUT2D eigenvalue weighted by molar-refractivity contribution is -0.116. The summed E-state index contributed by atoms with van der Waals surface area (Å²) < 4.78 is 38.4. The molecule has 3 rings (SSSR count). The molecule has 0 fully saturated rings. The molecule has 0 saturated carbocycles. The first-order valence-electron chi connectivity index (χ1n) is 10.2. The van der Waals surface area contributed by atoms with Crippen LogP contribution in [0.4, 0.5) is 5.69 Å². The minimum Gasteiger partial charge on any atom is -0.497 e. The van der Waals surface area contributed by atoms with Gasteiger partial charge in [0.2, 0.25) is 15.9 Å². The highest BCUT2D eigenvalue weighted by Gasteiger charge is 2.27. The minimum absolute atomic E-state index is 0.0768. The zero-order valence-electron chi connectivity index (χ0n) is 18.8. The van der Waals surface area contributed by atoms with Crippen LogP contribution in [0.3, 0.4) is 0 Å². The van der Waals surface area contributed by atoms with E-state index in [1.165, 1.54) is 26.4 Å². The minimum atomic E-state index is -4.01. The number of methoxy groups -OCH3 is 2. The highest BCUT2D eigenvalue weighted by molar-refractivity contribution is 7.89. The first kappa shape index (κ1) is 25.8. The van der Waals surface area contributed by atoms with Gasteiger partial charge in [-0.2, -0.15) is 4.31 Å². The van der Waals surface area contributed by atoms with Crippen LogP contribution in [0.15, 0.2) is 65.6 Å². The lowest BCUT2D eigenvalue weighted by atomic mass is 10.2. The molecule has 34 heavy (non-hydrogen) atoms. The maximum atomic E-state index is 13.4. The van der Waals surface area contributed by atoms with Gasteiger partial charge in [0.05, 0.1) is 41.4 Å². The Morgan fingerprint density at radius 3 is 2.26 bits per heavy atom. The predicted octanol–water partition coefficient (Wildman–Crippen LogP) is 5.15. The van der Waals surface area contributed by atoms with Crippen molar-refractivity contribution in [1.82, 2.24) is 4.31 Å². The largest absolute Gasteiger partial charge is 0.497 e. The number of sulfonamides is 1. The van der Waals surface area contributed by atoms with Crippen LogP contribution in [0.1, 0.15) is 11.1 Å². The maximum absolute atomic E-state index is 13.4. The number of halogens is 2. The quantitative estimate of drug-likeness (QED) is 0.420. The molecule has 7 nitrogen and oxygen atoms in total. The summed E-state index contributed by atoms with van der Waals surface area (Å²) in [6, 6.07) is 16.1. The standard InChI is InChI=1S/C24H24Cl2N2O5S/c1-16-4-8-19(9-5-16)34(30,31)28(14-17-6-10-20(25)21(26)12-17)15-24(29)27-22-11-7-18(32-2)13-23(22)33-3/h4-13H,14-15H2,1-3H3,(H,27,29). The Balaban J connectivity index is 1.90. The van der Waals surface area contributed by atoms with Crippen molar-refractivity contribution >= 4 is 44.8 Å². The molecule has 0 radical (unpaired) electrons. The van der Waals surface area contributed by atoms with E-state index in [2.05, 4.69) is 5.32 Å². The maximum Gasteiger partial charge on any atom is 0.243 e. The zero-order chi connectivity index (χ0) is 24.9. The number of anilines is 1. The van der Waals surface area contributed by atoms with Gasteiger partial charge in [-0.25, -0.2) is 8.42 Å². The van der Waals surface area contributed by atoms with E-state index in [4.69, 9.17) is 32.7 Å². The molecule has 0 aliphatic carbocycles. The van der Waals surface area contributed by atoms with Crippen molar-refractivity contribution in [2.45, 2.75) is 18.4 Å². The summed E-state index contributed by atoms with van der Waals surface area (Å²) in [4.78, 5) is 13.0. The molecule has 180 valence electrons. The van der Waals surface area contributed by atoms with E-state index in [1.54, 1.807) is 48.5 Å². The fourth-order valence-corrected chi connectivity index (χ4v) is 4.88. The average molecular weight is 523 g/mol. The summed E-state index contributed by atoms with van der Waals surface area (Å²) in [5.74, 6) is 0.391. The van der Waals surface area contributed by atoms with Crippen LogP contribution < -0.4 is 14.8 Å². The molecule has 0 saturated heterocycles. The molecule has 1 amide bonds. The molecule has 0 spiro atoms. The molecule has 0 bridgehead atoms. The molecule has 1 N–H and O–H groups in total. The van der Waals surface area contributed by atoms with Crippen LogP contribution in [0.2, 0.25) is 10.0 Å². The number of benzene rings is 3. The van der Waals surface area contributed by atoms with Gasteiger partial charge in [-0.05, 0) is 48.9 Å². The van der Waals surface area contributed by atoms with Gasteiger partial charge >= 0.3 is 0 Å². The molecular formula is C24H24Cl2N2O5S. The molecule has 0 aliphatic rings. The van der Waals surface area contributed by atoms with Crippen molar-refractivity contribution in [3.05, 3.63) is 81.8 Å². The smallest absolute Gasteiger partial charge is 0.243 e. The molecule has 0 aromatic heterocycles. The van der Waals surface area contributed by atoms with Gasteiger partial charge in [-0.1, -0.05) is 47.0 Å². The number of ether oxygens (including phenoxy) is 2. The van der Waals surface area contributed by atoms with E-state index in [0.717, 1.165) is 9.87 Å². The number of nitrogens with zero attached hydrogens (tertiary/aromatic N) is 1. The topological polar surface area (TPSA) is 84.9 Å². The Morgan fingerprint density at radius 2 is 1.65 bits per heavy atom. The summed E-state index contributed by atoms with van der Waals surface area (Å²) in [7, 11) is -1.03. The number of hydrogen-bond acceptors (Lipinski definition) is 5. The van der Waals surface area contributed by atoms with Crippen LogP contribution in [0.5, 0.6) is 11.5 Å². The van der Waals surface area contributed by atoms with E-state index in [-0.39, 0.29) is 11.4 Å². The Bertz CT molecular complexity index is 1280. The van der Waals surface area contributed by atoms with Crippen LogP contribution in [0.25, 0.3) is 0 Å². The Hall–Kier alpha value is -2.78. The number of nitrogens with one attached hydrogen (secondary N) is 1. The van der Waals surface area contributed by atoms with Gasteiger partial charge in [-0.15, -0.1) is 0 Å². The van der Waals surface area contributed by atoms with Crippen LogP contribution in [-0.2, 0) is 21.4 Å². The van der Waals surface area contributed by atoms with Gasteiger partial charge in [0.15, 0.2) is 0 Å². The van der Waals surface area contributed by atoms with E-state index < -0.39 is 22.5 Å². The zero-order valence-corrected chi connectivity index (χ0v) is 21.2. The van der Waals surface area contributed by atoms with Gasteiger partial charge < -0.3 is 14.8 Å². The lowest BCUT2D eigenvalue weighted by Gasteiger charge is -2.22. The lowest BCUT2D eigenvalue weighted by Crippen LogP contribution is -2.37. The second-order valence-electron chi connectivity index (χ2n) is 7.45. The Labute approximate surface area is 209 Å². The number of amides is 1. The molecule has 3 aromatic rings. The number of carbonyl (C=O) groups excluding carboxylic acids is 1. The number of carbonyl (C=O) groups is 1. The normalized spacial score (nSPS) is 11.4. The summed E-state index contributed by atoms with van der Waals surface area (Å²) >= 11 is 12.1. The molecule has 10 heteroatoms. The van der Waals surface area contributed by atoms with Gasteiger partial charge in [-0.3, -0.25) is 4.79 Å². The van der Waals surface area contributed by atoms with Gasteiger partial charge in [0.1, 0.15) is 11.5 Å². The SMILES string of the molecule is COc1ccc(NC(=O)CN(Cc2ccc(Cl)c(Cl)c2)S(=O)(=O)c2ccc(C)cc2)c(OC)c1. The third kappa shape index (κ3) is 6.21. The first-order valence-corrected chi connectivity index (χ1v) is 12.4. The van der Waals surface area contributed by atoms with E-state index in [1.807, 2.05) is 6.92 Å². The molecular weight excluding hydrogens is 499 g/mol. The predicted molar refractivity (Wildman–Crippen MR) is 133 cm³/mol. The van der Waals surface area contributed by atoms with Gasteiger partial charge in [0.25, 0.3) is 0 Å². The van der Waals surface area contributed by atoms with E-state index >= 15 is 0 Å². The summed E-state index contributed by atoms with van der Waals surface area (Å²) in [6.45, 7) is 1.34. The monoisotopic (exact) mass is 522 g/mol. The molecule has 0 unspecified atom stereocenters. The molecule has 0 heterocycles. The van der Waals surface area contributed by atoms with Crippen molar-refractivity contribution in [1.29, 1.82) is 0 Å². The summed E-state index contributed by atoms with van der Waals surface area (Å²) in [6.07, 6.45) is 0. The molecule has 3 aromatic carbocycles. The number of rotatable bonds is 9. The number of aryl methyl sites for hydroxylation is 1. The van der Waals surface area contributed by atoms with Crippen molar-refractivity contribution in [2.75, 3.05) is 26.1 Å². The fourth-order valence-electron chi connectivity index (χ4n) is 3.18. The second kappa shape index (κ2) is 11.1. The van der Waals surface area contributed by atoms with Crippen LogP contribution in [-0.4, -0.2) is 39.4 Å². The van der Waals surface area contributed by atoms with Crippen molar-refractivity contribution in [3.8, 4) is 11.5 Å². The third-order valence-corrected chi connectivity index (χ3v) is 7.55. The first-order chi connectivity index (χ1) is 16.1. The Morgan fingerprint density at radius 1 is 0.941 bits per heavy atom. The molecule has 0 aliphatic heterocycles. The fraction of sp³-hybridized carbons (Fsp3) is 0.208. The van der Waals surface area contributed by atoms with Crippen LogP contribution >= 0.6 is 23.2 Å². The van der Waals surface area contributed by atoms with Crippen molar-refractivity contribution < 1.29 is 22.7 Å². The molecule has 0 atom stereocenters. The van der Waals surface area contributed by atoms with Gasteiger partial charge in [0, 0.05) is 12.6 Å². The van der Waals surface area contributed by atoms with Crippen molar-refractivity contribution in [3.63, 3.8) is 0 Å². The Kier molecular flexibility index (Phi) is 8.43. The van der Waals surface area contributed by atoms with E-state index in [9.17, 15) is 13.2 Å². The number of hydrogen-bond donors (Lipinski definition) is 1. The van der Waals surface area contributed by atoms with Crippen LogP contribution in [0, 0.1) is 6.92 Å².